The molecule has 7 heteroatoms. The van der Waals surface area contributed by atoms with Crippen LogP contribution in [0.25, 0.3) is 0 Å². The molecule has 136 valence electrons. The molecule has 26 heavy (non-hydrogen) atoms. The Bertz CT molecular complexity index is 870. The van der Waals surface area contributed by atoms with Crippen molar-refractivity contribution in [2.24, 2.45) is 5.92 Å². The molecule has 1 aromatic carbocycles. The quantitative estimate of drug-likeness (QED) is 0.466. The third kappa shape index (κ3) is 3.29. The zero-order valence-corrected chi connectivity index (χ0v) is 14.8. The molecule has 1 aliphatic rings. The van der Waals surface area contributed by atoms with E-state index in [1.54, 1.807) is 32.9 Å². The molecule has 0 saturated carbocycles. The fraction of sp³-hybridized carbons (Fsp3) is 0.368. The van der Waals surface area contributed by atoms with E-state index < -0.39 is 23.4 Å². The maximum absolute atomic E-state index is 13.1. The minimum absolute atomic E-state index is 0.0516. The van der Waals surface area contributed by atoms with Crippen molar-refractivity contribution in [1.29, 1.82) is 0 Å². The van der Waals surface area contributed by atoms with Crippen molar-refractivity contribution in [2.75, 3.05) is 6.54 Å². The average molecular weight is 358 g/mol. The van der Waals surface area contributed by atoms with Crippen molar-refractivity contribution < 1.29 is 23.2 Å². The van der Waals surface area contributed by atoms with Crippen LogP contribution in [0.5, 0.6) is 0 Å². The lowest BCUT2D eigenvalue weighted by Crippen LogP contribution is -2.33. The average Bonchev–Trinajstić information content (AvgIpc) is 3.10. The lowest BCUT2D eigenvalue weighted by atomic mass is 9.97. The second kappa shape index (κ2) is 6.82. The number of halogens is 1. The molecule has 1 fully saturated rings. The van der Waals surface area contributed by atoms with Gasteiger partial charge in [-0.05, 0) is 31.5 Å². The highest BCUT2D eigenvalue weighted by Crippen LogP contribution is 2.24. The summed E-state index contributed by atoms with van der Waals surface area (Å²) in [5, 5.41) is 0. The van der Waals surface area contributed by atoms with Crippen LogP contribution in [-0.4, -0.2) is 39.9 Å². The molecule has 0 radical (unpaired) electrons. The minimum atomic E-state index is -1.07. The summed E-state index contributed by atoms with van der Waals surface area (Å²) >= 11 is 0. The van der Waals surface area contributed by atoms with E-state index in [0.717, 1.165) is 5.56 Å². The van der Waals surface area contributed by atoms with Gasteiger partial charge in [-0.15, -0.1) is 0 Å². The van der Waals surface area contributed by atoms with Crippen LogP contribution < -0.4 is 0 Å². The molecule has 2 aromatic rings. The predicted octanol–water partition coefficient (Wildman–Crippen LogP) is 2.33. The summed E-state index contributed by atoms with van der Waals surface area (Å²) in [6.07, 6.45) is 0.241. The number of hydrogen-bond donors (Lipinski definition) is 0. The monoisotopic (exact) mass is 358 g/mol. The van der Waals surface area contributed by atoms with Gasteiger partial charge in [-0.2, -0.15) is 0 Å². The largest absolute Gasteiger partial charge is 0.445 e. The summed E-state index contributed by atoms with van der Waals surface area (Å²) in [7, 11) is 0. The molecule has 1 saturated heterocycles. The fourth-order valence-electron chi connectivity index (χ4n) is 3.03. The summed E-state index contributed by atoms with van der Waals surface area (Å²) in [6, 6.07) is 5.65. The predicted molar refractivity (Wildman–Crippen MR) is 90.1 cm³/mol. The molecule has 0 spiro atoms. The van der Waals surface area contributed by atoms with Gasteiger partial charge >= 0.3 is 0 Å². The fourth-order valence-corrected chi connectivity index (χ4v) is 3.03. The van der Waals surface area contributed by atoms with Crippen LogP contribution in [0.15, 0.2) is 28.7 Å². The number of hydrogen-bond acceptors (Lipinski definition) is 5. The summed E-state index contributed by atoms with van der Waals surface area (Å²) in [5.74, 6) is -2.69. The van der Waals surface area contributed by atoms with Gasteiger partial charge in [0.2, 0.25) is 5.78 Å². The summed E-state index contributed by atoms with van der Waals surface area (Å²) in [6.45, 7) is 5.24. The van der Waals surface area contributed by atoms with Crippen LogP contribution in [0.4, 0.5) is 4.39 Å². The second-order valence-corrected chi connectivity index (χ2v) is 6.64. The molecule has 1 amide bonds. The first-order valence-corrected chi connectivity index (χ1v) is 8.37. The standard InChI is InChI=1S/C19H19FN2O4/c1-10(2)22-9-14(18(24)19(22)25)17(23)16-15(26-11(3)21-16)8-12-4-6-13(20)7-5-12/h4-7,10,14H,8-9H2,1-3H3. The van der Waals surface area contributed by atoms with E-state index in [1.807, 2.05) is 0 Å². The number of amides is 1. The van der Waals surface area contributed by atoms with Crippen molar-refractivity contribution in [3.63, 3.8) is 0 Å². The van der Waals surface area contributed by atoms with Crippen LogP contribution in [0.3, 0.4) is 0 Å². The van der Waals surface area contributed by atoms with Crippen molar-refractivity contribution in [1.82, 2.24) is 9.88 Å². The lowest BCUT2D eigenvalue weighted by molar-refractivity contribution is -0.141. The lowest BCUT2D eigenvalue weighted by Gasteiger charge is -2.19. The molecule has 0 N–H and O–H groups in total. The zero-order valence-electron chi connectivity index (χ0n) is 14.8. The van der Waals surface area contributed by atoms with Gasteiger partial charge in [-0.1, -0.05) is 12.1 Å². The van der Waals surface area contributed by atoms with Crippen molar-refractivity contribution in [3.8, 4) is 0 Å². The first-order valence-electron chi connectivity index (χ1n) is 8.37. The van der Waals surface area contributed by atoms with Crippen molar-refractivity contribution >= 4 is 17.5 Å². The molecule has 1 aromatic heterocycles. The normalized spacial score (nSPS) is 17.4. The highest BCUT2D eigenvalue weighted by atomic mass is 19.1. The summed E-state index contributed by atoms with van der Waals surface area (Å²) in [4.78, 5) is 42.7. The molecule has 1 aliphatic heterocycles. The van der Waals surface area contributed by atoms with Crippen LogP contribution in [0.1, 0.15) is 41.6 Å². The highest BCUT2D eigenvalue weighted by Gasteiger charge is 2.45. The number of oxazole rings is 1. The van der Waals surface area contributed by atoms with Crippen molar-refractivity contribution in [3.05, 3.63) is 53.0 Å². The van der Waals surface area contributed by atoms with Gasteiger partial charge < -0.3 is 9.32 Å². The van der Waals surface area contributed by atoms with Crippen molar-refractivity contribution in [2.45, 2.75) is 33.2 Å². The number of carbonyl (C=O) groups is 3. The number of carbonyl (C=O) groups excluding carboxylic acids is 3. The molecule has 1 unspecified atom stereocenters. The molecule has 2 heterocycles. The van der Waals surface area contributed by atoms with Gasteiger partial charge in [-0.3, -0.25) is 14.4 Å². The Morgan fingerprint density at radius 3 is 2.54 bits per heavy atom. The Hall–Kier alpha value is -2.83. The van der Waals surface area contributed by atoms with E-state index in [-0.39, 0.29) is 30.5 Å². The minimum Gasteiger partial charge on any atom is -0.445 e. The number of rotatable bonds is 5. The number of likely N-dealkylation sites (tertiary alicyclic amines) is 1. The van der Waals surface area contributed by atoms with Gasteiger partial charge in [0.05, 0.1) is 0 Å². The molecule has 3 rings (SSSR count). The molecule has 0 bridgehead atoms. The van der Waals surface area contributed by atoms with E-state index in [1.165, 1.54) is 17.0 Å². The van der Waals surface area contributed by atoms with Gasteiger partial charge in [0.25, 0.3) is 5.91 Å². The zero-order chi connectivity index (χ0) is 19.0. The van der Waals surface area contributed by atoms with Crippen LogP contribution in [0, 0.1) is 18.7 Å². The van der Waals surface area contributed by atoms with E-state index in [9.17, 15) is 18.8 Å². The molecular weight excluding hydrogens is 339 g/mol. The van der Waals surface area contributed by atoms with Crippen LogP contribution in [0.2, 0.25) is 0 Å². The number of benzene rings is 1. The smallest absolute Gasteiger partial charge is 0.291 e. The van der Waals surface area contributed by atoms with Crippen LogP contribution >= 0.6 is 0 Å². The van der Waals surface area contributed by atoms with Gasteiger partial charge in [0.1, 0.15) is 23.2 Å². The Morgan fingerprint density at radius 1 is 1.31 bits per heavy atom. The van der Waals surface area contributed by atoms with Gasteiger partial charge in [0.15, 0.2) is 11.7 Å². The van der Waals surface area contributed by atoms with Crippen LogP contribution in [-0.2, 0) is 16.0 Å². The molecular formula is C19H19FN2O4. The van der Waals surface area contributed by atoms with E-state index in [4.69, 9.17) is 4.42 Å². The Morgan fingerprint density at radius 2 is 1.96 bits per heavy atom. The van der Waals surface area contributed by atoms with E-state index in [0.29, 0.717) is 11.7 Å². The number of aromatic nitrogens is 1. The van der Waals surface area contributed by atoms with Gasteiger partial charge in [0, 0.05) is 25.9 Å². The number of ketones is 2. The topological polar surface area (TPSA) is 80.5 Å². The van der Waals surface area contributed by atoms with E-state index in [2.05, 4.69) is 4.98 Å². The maximum atomic E-state index is 13.1. The first kappa shape index (κ1) is 18.0. The third-order valence-corrected chi connectivity index (χ3v) is 4.42. The molecule has 6 nitrogen and oxygen atoms in total. The van der Waals surface area contributed by atoms with E-state index >= 15 is 0 Å². The third-order valence-electron chi connectivity index (χ3n) is 4.42. The number of Topliss-reactive ketones (excluding diaryl/α,β-unsaturated/α-hetero) is 2. The maximum Gasteiger partial charge on any atom is 0.291 e. The molecule has 0 aliphatic carbocycles. The SMILES string of the molecule is Cc1nc(C(=O)C2CN(C(C)C)C(=O)C2=O)c(Cc2ccc(F)cc2)o1. The second-order valence-electron chi connectivity index (χ2n) is 6.64. The summed E-state index contributed by atoms with van der Waals surface area (Å²) in [5.41, 5.74) is 0.804. The summed E-state index contributed by atoms with van der Waals surface area (Å²) < 4.78 is 18.6. The Balaban J connectivity index is 1.87. The number of nitrogens with zero attached hydrogens (tertiary/aromatic N) is 2. The molecule has 1 atom stereocenters. The Kier molecular flexibility index (Phi) is 4.71. The van der Waals surface area contributed by atoms with Gasteiger partial charge in [-0.25, -0.2) is 9.37 Å². The first-order chi connectivity index (χ1) is 12.3. The number of aryl methyl sites for hydroxylation is 1. The highest BCUT2D eigenvalue weighted by molar-refractivity contribution is 6.43. The Labute approximate surface area is 150 Å².